The molecular weight excluding hydrogens is 314 g/mol. The van der Waals surface area contributed by atoms with E-state index in [1.807, 2.05) is 12.1 Å². The van der Waals surface area contributed by atoms with Crippen LogP contribution < -0.4 is 4.74 Å². The Labute approximate surface area is 148 Å². The highest BCUT2D eigenvalue weighted by Gasteiger charge is 2.67. The van der Waals surface area contributed by atoms with Crippen LogP contribution in [0, 0.1) is 11.8 Å². The number of rotatable bonds is 3. The van der Waals surface area contributed by atoms with Gasteiger partial charge in [0.1, 0.15) is 0 Å². The Hall–Kier alpha value is -1.81. The number of ether oxygens (including phenoxy) is 1. The van der Waals surface area contributed by atoms with Gasteiger partial charge in [0, 0.05) is 30.0 Å². The molecule has 1 N–H and O–H groups in total. The number of piperidine rings is 1. The lowest BCUT2D eigenvalue weighted by molar-refractivity contribution is -0.144. The van der Waals surface area contributed by atoms with Crippen LogP contribution in [0.4, 0.5) is 0 Å². The van der Waals surface area contributed by atoms with E-state index in [2.05, 4.69) is 18.4 Å². The van der Waals surface area contributed by atoms with Crippen LogP contribution in [-0.4, -0.2) is 41.0 Å². The smallest absolute Gasteiger partial charge is 0.174 e. The number of Topliss-reactive ketones (excluding diaryl/α,β-unsaturated/α-hetero) is 1. The molecule has 2 fully saturated rings. The molecule has 1 saturated heterocycles. The molecule has 2 heterocycles. The van der Waals surface area contributed by atoms with Crippen LogP contribution in [0.25, 0.3) is 0 Å². The largest absolute Gasteiger partial charge is 0.504 e. The molecule has 5 atom stereocenters. The monoisotopic (exact) mass is 339 g/mol. The predicted molar refractivity (Wildman–Crippen MR) is 95.0 cm³/mol. The van der Waals surface area contributed by atoms with E-state index in [4.69, 9.17) is 4.74 Å². The first-order valence-corrected chi connectivity index (χ1v) is 9.51. The van der Waals surface area contributed by atoms with Gasteiger partial charge < -0.3 is 9.84 Å². The standard InChI is InChI=1S/C21H25NO3/c1-3-8-22-9-7-21-17-12(4-2)11-16(24)20(21)25-19-15(23)6-5-13(18(19)21)10-14(17)22/h3,5-6,12,14,17,20,23H,1,4,7-11H2,2H3/t12-,14+,17-,20-,21-/m0/s1. The van der Waals surface area contributed by atoms with Gasteiger partial charge in [0.2, 0.25) is 0 Å². The maximum Gasteiger partial charge on any atom is 0.174 e. The fraction of sp³-hybridized carbons (Fsp3) is 0.571. The van der Waals surface area contributed by atoms with E-state index in [1.54, 1.807) is 6.07 Å². The Balaban J connectivity index is 1.76. The quantitative estimate of drug-likeness (QED) is 0.861. The average Bonchev–Trinajstić information content (AvgIpc) is 2.96. The third-order valence-electron chi connectivity index (χ3n) is 7.26. The van der Waals surface area contributed by atoms with Crippen LogP contribution in [0.1, 0.15) is 37.3 Å². The number of hydrogen-bond donors (Lipinski definition) is 1. The van der Waals surface area contributed by atoms with Gasteiger partial charge in [0.15, 0.2) is 23.4 Å². The molecule has 25 heavy (non-hydrogen) atoms. The topological polar surface area (TPSA) is 49.8 Å². The summed E-state index contributed by atoms with van der Waals surface area (Å²) in [5.74, 6) is 1.82. The zero-order valence-electron chi connectivity index (χ0n) is 14.7. The summed E-state index contributed by atoms with van der Waals surface area (Å²) in [5.41, 5.74) is 2.18. The van der Waals surface area contributed by atoms with Gasteiger partial charge in [-0.3, -0.25) is 9.69 Å². The van der Waals surface area contributed by atoms with Crippen molar-refractivity contribution in [3.05, 3.63) is 35.9 Å². The summed E-state index contributed by atoms with van der Waals surface area (Å²) in [6.45, 7) is 8.01. The summed E-state index contributed by atoms with van der Waals surface area (Å²) in [6, 6.07) is 4.21. The lowest BCUT2D eigenvalue weighted by atomic mass is 9.48. The molecule has 0 radical (unpaired) electrons. The van der Waals surface area contributed by atoms with Crippen LogP contribution in [0.15, 0.2) is 24.8 Å². The van der Waals surface area contributed by atoms with Gasteiger partial charge in [-0.25, -0.2) is 0 Å². The van der Waals surface area contributed by atoms with Gasteiger partial charge >= 0.3 is 0 Å². The number of likely N-dealkylation sites (tertiary alicyclic amines) is 1. The van der Waals surface area contributed by atoms with Crippen molar-refractivity contribution in [2.45, 2.75) is 50.2 Å². The minimum atomic E-state index is -0.406. The fourth-order valence-electron chi connectivity index (χ4n) is 6.45. The van der Waals surface area contributed by atoms with Crippen molar-refractivity contribution in [2.24, 2.45) is 11.8 Å². The van der Waals surface area contributed by atoms with Crippen molar-refractivity contribution in [3.63, 3.8) is 0 Å². The molecule has 4 aliphatic rings. The molecule has 0 unspecified atom stereocenters. The van der Waals surface area contributed by atoms with E-state index in [-0.39, 0.29) is 16.9 Å². The predicted octanol–water partition coefficient (Wildman–Crippen LogP) is 2.82. The van der Waals surface area contributed by atoms with Gasteiger partial charge in [0.05, 0.1) is 0 Å². The number of carbonyl (C=O) groups excluding carboxylic acids is 1. The number of hydrogen-bond acceptors (Lipinski definition) is 4. The van der Waals surface area contributed by atoms with Crippen molar-refractivity contribution in [1.29, 1.82) is 0 Å². The second kappa shape index (κ2) is 5.10. The summed E-state index contributed by atoms with van der Waals surface area (Å²) in [4.78, 5) is 15.5. The zero-order chi connectivity index (χ0) is 17.3. The summed E-state index contributed by atoms with van der Waals surface area (Å²) in [6.07, 6.45) is 5.12. The molecule has 2 aliphatic heterocycles. The third kappa shape index (κ3) is 1.74. The Bertz CT molecular complexity index is 773. The van der Waals surface area contributed by atoms with Gasteiger partial charge in [-0.2, -0.15) is 0 Å². The fourth-order valence-corrected chi connectivity index (χ4v) is 6.45. The van der Waals surface area contributed by atoms with Gasteiger partial charge in [-0.1, -0.05) is 25.5 Å². The van der Waals surface area contributed by atoms with E-state index >= 15 is 0 Å². The van der Waals surface area contributed by atoms with Gasteiger partial charge in [-0.05, 0) is 42.9 Å². The van der Waals surface area contributed by atoms with Crippen LogP contribution in [0.3, 0.4) is 0 Å². The zero-order valence-corrected chi connectivity index (χ0v) is 14.7. The molecule has 1 saturated carbocycles. The average molecular weight is 339 g/mol. The summed E-state index contributed by atoms with van der Waals surface area (Å²) in [5, 5.41) is 10.4. The first-order chi connectivity index (χ1) is 12.1. The van der Waals surface area contributed by atoms with E-state index in [9.17, 15) is 9.90 Å². The lowest BCUT2D eigenvalue weighted by Gasteiger charge is -2.60. The molecule has 0 amide bonds. The molecule has 5 rings (SSSR count). The van der Waals surface area contributed by atoms with Crippen LogP contribution in [-0.2, 0) is 16.6 Å². The minimum absolute atomic E-state index is 0.189. The number of benzene rings is 1. The molecule has 2 bridgehead atoms. The second-order valence-electron chi connectivity index (χ2n) is 8.16. The molecule has 1 aromatic carbocycles. The van der Waals surface area contributed by atoms with E-state index in [0.717, 1.165) is 37.9 Å². The van der Waals surface area contributed by atoms with Crippen molar-refractivity contribution < 1.29 is 14.6 Å². The summed E-state index contributed by atoms with van der Waals surface area (Å²) >= 11 is 0. The molecule has 4 heteroatoms. The highest BCUT2D eigenvalue weighted by atomic mass is 16.5. The molecule has 132 valence electrons. The Kier molecular flexibility index (Phi) is 3.15. The first-order valence-electron chi connectivity index (χ1n) is 9.51. The number of ketones is 1. The molecule has 1 aromatic rings. The lowest BCUT2D eigenvalue weighted by Crippen LogP contribution is -2.68. The van der Waals surface area contributed by atoms with Crippen molar-refractivity contribution in [2.75, 3.05) is 13.1 Å². The van der Waals surface area contributed by atoms with Crippen molar-refractivity contribution in [1.82, 2.24) is 4.90 Å². The number of carbonyl (C=O) groups is 1. The normalized spacial score (nSPS) is 38.2. The molecule has 4 nitrogen and oxygen atoms in total. The van der Waals surface area contributed by atoms with E-state index < -0.39 is 6.10 Å². The van der Waals surface area contributed by atoms with Crippen LogP contribution in [0.5, 0.6) is 11.5 Å². The number of nitrogens with zero attached hydrogens (tertiary/aromatic N) is 1. The molecule has 0 aromatic heterocycles. The molecular formula is C21H25NO3. The third-order valence-corrected chi connectivity index (χ3v) is 7.26. The second-order valence-corrected chi connectivity index (χ2v) is 8.16. The van der Waals surface area contributed by atoms with Gasteiger partial charge in [0.25, 0.3) is 0 Å². The number of aromatic hydroxyl groups is 1. The first kappa shape index (κ1) is 15.4. The summed E-state index contributed by atoms with van der Waals surface area (Å²) < 4.78 is 6.17. The molecule has 2 aliphatic carbocycles. The Morgan fingerprint density at radius 1 is 1.44 bits per heavy atom. The van der Waals surface area contributed by atoms with Crippen LogP contribution >= 0.6 is 0 Å². The summed E-state index contributed by atoms with van der Waals surface area (Å²) in [7, 11) is 0. The highest BCUT2D eigenvalue weighted by molar-refractivity contribution is 5.89. The van der Waals surface area contributed by atoms with Crippen molar-refractivity contribution in [3.8, 4) is 11.5 Å². The van der Waals surface area contributed by atoms with E-state index in [0.29, 0.717) is 30.0 Å². The van der Waals surface area contributed by atoms with Gasteiger partial charge in [-0.15, -0.1) is 6.58 Å². The van der Waals surface area contributed by atoms with Crippen LogP contribution in [0.2, 0.25) is 0 Å². The molecule has 1 spiro atoms. The SMILES string of the molecule is C=CCN1CC[C@]23c4c5ccc(O)c4O[C@H]2C(=O)C[C@H](CC)[C@H]3[C@H]1C5. The minimum Gasteiger partial charge on any atom is -0.504 e. The highest BCUT2D eigenvalue weighted by Crippen LogP contribution is 2.64. The maximum atomic E-state index is 13.0. The van der Waals surface area contributed by atoms with E-state index in [1.165, 1.54) is 5.56 Å². The number of phenols is 1. The Morgan fingerprint density at radius 3 is 3.04 bits per heavy atom. The van der Waals surface area contributed by atoms with Crippen molar-refractivity contribution >= 4 is 5.78 Å². The Morgan fingerprint density at radius 2 is 2.28 bits per heavy atom. The maximum absolute atomic E-state index is 13.0. The number of phenolic OH excluding ortho intramolecular Hbond substituents is 1.